The van der Waals surface area contributed by atoms with Crippen molar-refractivity contribution >= 4 is 46.5 Å². The van der Waals surface area contributed by atoms with Crippen molar-refractivity contribution in [2.45, 2.75) is 18.5 Å². The Kier molecular flexibility index (Phi) is 7.04. The van der Waals surface area contributed by atoms with Crippen LogP contribution in [0, 0.1) is 17.2 Å². The zero-order chi connectivity index (χ0) is 17.3. The summed E-state index contributed by atoms with van der Waals surface area (Å²) in [5.41, 5.74) is 1.66. The van der Waals surface area contributed by atoms with Gasteiger partial charge in [0.25, 0.3) is 0 Å². The van der Waals surface area contributed by atoms with Crippen molar-refractivity contribution in [3.63, 3.8) is 0 Å². The number of thiocarbonyl (C=S) groups is 2. The van der Waals surface area contributed by atoms with Crippen molar-refractivity contribution in [1.29, 1.82) is 5.26 Å². The average Bonchev–Trinajstić information content (AvgIpc) is 2.53. The Morgan fingerprint density at radius 3 is 2.20 bits per heavy atom. The van der Waals surface area contributed by atoms with Gasteiger partial charge in [0.2, 0.25) is 11.8 Å². The van der Waals surface area contributed by atoms with Gasteiger partial charge in [0.05, 0.1) is 24.6 Å². The van der Waals surface area contributed by atoms with E-state index in [1.54, 1.807) is 0 Å². The fourth-order valence-electron chi connectivity index (χ4n) is 2.76. The van der Waals surface area contributed by atoms with Crippen molar-refractivity contribution < 1.29 is 61.0 Å². The van der Waals surface area contributed by atoms with Crippen LogP contribution in [0.3, 0.4) is 0 Å². The molecule has 10 heteroatoms. The van der Waals surface area contributed by atoms with Gasteiger partial charge in [-0.3, -0.25) is 9.59 Å². The molecule has 3 atom stereocenters. The molecule has 0 saturated carbocycles. The molecule has 1 aromatic rings. The summed E-state index contributed by atoms with van der Waals surface area (Å²) in [5, 5.41) is 20.7. The molecule has 0 radical (unpaired) electrons. The monoisotopic (exact) mass is 398 g/mol. The fraction of sp³-hybridized carbons (Fsp3) is 0.267. The zero-order valence-electron chi connectivity index (χ0n) is 13.3. The Morgan fingerprint density at radius 1 is 1.00 bits per heavy atom. The largest absolute Gasteiger partial charge is 1.00 e. The SMILES string of the molecule is N#CC1C(=O)NC(=S)NC1c1ccc(C2CC(=O)NC(=S)N2)cc1.[K+]. The van der Waals surface area contributed by atoms with Gasteiger partial charge in [-0.15, -0.1) is 0 Å². The van der Waals surface area contributed by atoms with Gasteiger partial charge in [0.15, 0.2) is 10.2 Å². The van der Waals surface area contributed by atoms with E-state index in [9.17, 15) is 14.9 Å². The maximum absolute atomic E-state index is 11.9. The van der Waals surface area contributed by atoms with Gasteiger partial charge in [-0.2, -0.15) is 5.26 Å². The molecule has 2 saturated heterocycles. The number of rotatable bonds is 2. The summed E-state index contributed by atoms with van der Waals surface area (Å²) in [4.78, 5) is 23.5. The summed E-state index contributed by atoms with van der Waals surface area (Å²) >= 11 is 9.99. The van der Waals surface area contributed by atoms with Crippen LogP contribution in [0.25, 0.3) is 0 Å². The molecule has 0 spiro atoms. The standard InChI is InChI=1S/C15H13N5O2S2.K/c16-6-9-12(19-15(24)20-13(9)22)8-3-1-7(2-4-8)10-5-11(21)18-14(23)17-10;/h1-4,9-10,12H,5H2,(H2,17,18,21,23)(H2,19,20,22,24);/q;+1. The first-order chi connectivity index (χ1) is 11.5. The van der Waals surface area contributed by atoms with Crippen molar-refractivity contribution in [3.8, 4) is 6.07 Å². The summed E-state index contributed by atoms with van der Waals surface area (Å²) in [6, 6.07) is 8.62. The molecule has 2 aliphatic rings. The molecule has 2 amide bonds. The molecule has 2 heterocycles. The van der Waals surface area contributed by atoms with Crippen LogP contribution in [0.4, 0.5) is 0 Å². The van der Waals surface area contributed by atoms with Crippen LogP contribution in [0.15, 0.2) is 24.3 Å². The minimum absolute atomic E-state index is 0. The van der Waals surface area contributed by atoms with Crippen LogP contribution in [0.1, 0.15) is 29.6 Å². The number of amides is 2. The van der Waals surface area contributed by atoms with E-state index in [4.69, 9.17) is 24.4 Å². The predicted molar refractivity (Wildman–Crippen MR) is 93.4 cm³/mol. The second kappa shape index (κ2) is 8.63. The van der Waals surface area contributed by atoms with E-state index in [0.29, 0.717) is 5.11 Å². The third-order valence-corrected chi connectivity index (χ3v) is 4.36. The van der Waals surface area contributed by atoms with Gasteiger partial charge in [-0.05, 0) is 35.6 Å². The van der Waals surface area contributed by atoms with E-state index >= 15 is 0 Å². The Morgan fingerprint density at radius 2 is 1.60 bits per heavy atom. The number of carbonyl (C=O) groups is 2. The minimum Gasteiger partial charge on any atom is -0.355 e. The molecular formula is C15H13KN5O2S2+. The number of hydrogen-bond acceptors (Lipinski definition) is 5. The van der Waals surface area contributed by atoms with Gasteiger partial charge in [-0.25, -0.2) is 0 Å². The molecule has 0 bridgehead atoms. The first-order valence-corrected chi connectivity index (χ1v) is 8.01. The normalized spacial score (nSPS) is 25.5. The second-order valence-electron chi connectivity index (χ2n) is 5.49. The average molecular weight is 399 g/mol. The number of benzene rings is 1. The van der Waals surface area contributed by atoms with Crippen LogP contribution in [-0.4, -0.2) is 22.0 Å². The topological polar surface area (TPSA) is 106 Å². The van der Waals surface area contributed by atoms with E-state index in [0.717, 1.165) is 11.1 Å². The molecule has 25 heavy (non-hydrogen) atoms. The number of hydrogen-bond donors (Lipinski definition) is 4. The quantitative estimate of drug-likeness (QED) is 0.318. The minimum atomic E-state index is -0.867. The van der Waals surface area contributed by atoms with Gasteiger partial charge in [0, 0.05) is 0 Å². The molecule has 0 aromatic heterocycles. The van der Waals surface area contributed by atoms with Crippen molar-refractivity contribution in [3.05, 3.63) is 35.4 Å². The van der Waals surface area contributed by atoms with Crippen LogP contribution < -0.4 is 72.7 Å². The molecule has 7 nitrogen and oxygen atoms in total. The van der Waals surface area contributed by atoms with E-state index in [2.05, 4.69) is 21.3 Å². The fourth-order valence-corrected chi connectivity index (χ4v) is 3.24. The molecule has 3 unspecified atom stereocenters. The summed E-state index contributed by atoms with van der Waals surface area (Å²) in [5.74, 6) is -1.41. The first kappa shape index (κ1) is 20.4. The van der Waals surface area contributed by atoms with Gasteiger partial charge in [-0.1, -0.05) is 24.3 Å². The zero-order valence-corrected chi connectivity index (χ0v) is 18.1. The van der Waals surface area contributed by atoms with Crippen molar-refractivity contribution in [2.24, 2.45) is 5.92 Å². The van der Waals surface area contributed by atoms with Gasteiger partial charge in [0.1, 0.15) is 5.92 Å². The van der Waals surface area contributed by atoms with Crippen LogP contribution in [0.5, 0.6) is 0 Å². The Balaban J connectivity index is 0.00000225. The molecule has 2 aliphatic heterocycles. The van der Waals surface area contributed by atoms with E-state index in [-0.39, 0.29) is 74.9 Å². The van der Waals surface area contributed by atoms with Crippen LogP contribution in [-0.2, 0) is 9.59 Å². The molecule has 3 rings (SSSR count). The van der Waals surface area contributed by atoms with Gasteiger partial charge < -0.3 is 21.3 Å². The predicted octanol–water partition coefficient (Wildman–Crippen LogP) is -2.69. The van der Waals surface area contributed by atoms with Crippen molar-refractivity contribution in [1.82, 2.24) is 21.3 Å². The molecule has 122 valence electrons. The molecule has 1 aromatic carbocycles. The summed E-state index contributed by atoms with van der Waals surface area (Å²) in [6.07, 6.45) is 0.286. The molecule has 2 fully saturated rings. The first-order valence-electron chi connectivity index (χ1n) is 7.19. The number of nitrogens with one attached hydrogen (secondary N) is 4. The van der Waals surface area contributed by atoms with E-state index in [1.807, 2.05) is 30.3 Å². The maximum atomic E-state index is 11.9. The number of nitrogens with zero attached hydrogens (tertiary/aromatic N) is 1. The Hall–Kier alpha value is -0.934. The van der Waals surface area contributed by atoms with Crippen LogP contribution >= 0.6 is 24.4 Å². The molecule has 0 aliphatic carbocycles. The maximum Gasteiger partial charge on any atom is 1.00 e. The Labute approximate surface area is 197 Å². The Bertz CT molecular complexity index is 761. The van der Waals surface area contributed by atoms with Crippen molar-refractivity contribution in [2.75, 3.05) is 0 Å². The third kappa shape index (κ3) is 4.62. The summed E-state index contributed by atoms with van der Waals surface area (Å²) in [6.45, 7) is 0. The van der Waals surface area contributed by atoms with E-state index < -0.39 is 17.9 Å². The molecular weight excluding hydrogens is 385 g/mol. The third-order valence-electron chi connectivity index (χ3n) is 3.92. The second-order valence-corrected chi connectivity index (χ2v) is 6.31. The summed E-state index contributed by atoms with van der Waals surface area (Å²) < 4.78 is 0. The summed E-state index contributed by atoms with van der Waals surface area (Å²) in [7, 11) is 0. The number of carbonyl (C=O) groups excluding carboxylic acids is 2. The van der Waals surface area contributed by atoms with E-state index in [1.165, 1.54) is 0 Å². The van der Waals surface area contributed by atoms with Crippen LogP contribution in [0.2, 0.25) is 0 Å². The number of nitriles is 1. The molecule has 4 N–H and O–H groups in total. The smallest absolute Gasteiger partial charge is 0.355 e. The van der Waals surface area contributed by atoms with Gasteiger partial charge >= 0.3 is 51.4 Å².